The van der Waals surface area contributed by atoms with Crippen LogP contribution in [0.25, 0.3) is 0 Å². The second kappa shape index (κ2) is 5.71. The van der Waals surface area contributed by atoms with E-state index in [1.807, 2.05) is 12.1 Å². The molecule has 2 aliphatic heterocycles. The lowest BCUT2D eigenvalue weighted by atomic mass is 9.89. The number of nitrogens with one attached hydrogen (secondary N) is 1. The second-order valence-corrected chi connectivity index (χ2v) is 5.85. The summed E-state index contributed by atoms with van der Waals surface area (Å²) in [6.45, 7) is 2.75. The molecule has 2 aromatic rings. The number of ether oxygens (including phenoxy) is 2. The first kappa shape index (κ1) is 13.7. The van der Waals surface area contributed by atoms with Crippen LogP contribution >= 0.6 is 0 Å². The van der Waals surface area contributed by atoms with Gasteiger partial charge in [0, 0.05) is 24.6 Å². The van der Waals surface area contributed by atoms with Crippen molar-refractivity contribution in [2.75, 3.05) is 13.1 Å². The summed E-state index contributed by atoms with van der Waals surface area (Å²) >= 11 is 0. The van der Waals surface area contributed by atoms with Crippen LogP contribution in [0.15, 0.2) is 42.5 Å². The van der Waals surface area contributed by atoms with Crippen molar-refractivity contribution in [1.82, 2.24) is 5.32 Å². The van der Waals surface area contributed by atoms with E-state index in [1.165, 1.54) is 17.2 Å². The highest BCUT2D eigenvalue weighted by atomic mass is 19.1. The summed E-state index contributed by atoms with van der Waals surface area (Å²) in [6, 6.07) is 12.8. The van der Waals surface area contributed by atoms with Crippen molar-refractivity contribution in [1.29, 1.82) is 0 Å². The van der Waals surface area contributed by atoms with Gasteiger partial charge >= 0.3 is 0 Å². The Balaban J connectivity index is 1.54. The van der Waals surface area contributed by atoms with Crippen molar-refractivity contribution in [3.05, 3.63) is 65.0 Å². The number of benzene rings is 2. The van der Waals surface area contributed by atoms with Gasteiger partial charge in [0.2, 0.25) is 0 Å². The molecule has 1 fully saturated rings. The quantitative estimate of drug-likeness (QED) is 0.945. The predicted molar refractivity (Wildman–Crippen MR) is 81.4 cm³/mol. The molecular weight excluding hydrogens is 281 g/mol. The SMILES string of the molecule is Fc1ccccc1COc1ccc2c(c1)C1CNCC1OC2. The highest BCUT2D eigenvalue weighted by Crippen LogP contribution is 2.35. The van der Waals surface area contributed by atoms with E-state index >= 15 is 0 Å². The Morgan fingerprint density at radius 3 is 3.00 bits per heavy atom. The number of rotatable bonds is 3. The third kappa shape index (κ3) is 2.49. The van der Waals surface area contributed by atoms with Gasteiger partial charge in [0.15, 0.2) is 0 Å². The molecule has 114 valence electrons. The van der Waals surface area contributed by atoms with Crippen LogP contribution in [0.3, 0.4) is 0 Å². The molecule has 0 bridgehead atoms. The molecule has 0 radical (unpaired) electrons. The standard InChI is InChI=1S/C18H18FNO2/c19-17-4-2-1-3-13(17)11-21-14-6-5-12-10-22-18-9-20-8-16(18)15(12)7-14/h1-7,16,18,20H,8-11H2. The summed E-state index contributed by atoms with van der Waals surface area (Å²) in [5.41, 5.74) is 3.10. The highest BCUT2D eigenvalue weighted by molar-refractivity contribution is 5.40. The van der Waals surface area contributed by atoms with E-state index in [1.54, 1.807) is 12.1 Å². The van der Waals surface area contributed by atoms with Crippen LogP contribution < -0.4 is 10.1 Å². The zero-order valence-corrected chi connectivity index (χ0v) is 12.2. The normalized spacial score (nSPS) is 23.0. The van der Waals surface area contributed by atoms with Crippen molar-refractivity contribution in [3.8, 4) is 5.75 Å². The summed E-state index contributed by atoms with van der Waals surface area (Å²) < 4.78 is 25.3. The second-order valence-electron chi connectivity index (χ2n) is 5.85. The van der Waals surface area contributed by atoms with Gasteiger partial charge in [0.1, 0.15) is 18.2 Å². The molecular formula is C18H18FNO2. The number of hydrogen-bond acceptors (Lipinski definition) is 3. The fraction of sp³-hybridized carbons (Fsp3) is 0.333. The maximum Gasteiger partial charge on any atom is 0.129 e. The molecule has 2 aromatic carbocycles. The van der Waals surface area contributed by atoms with Gasteiger partial charge in [-0.15, -0.1) is 0 Å². The molecule has 4 heteroatoms. The summed E-state index contributed by atoms with van der Waals surface area (Å²) in [4.78, 5) is 0. The van der Waals surface area contributed by atoms with Gasteiger partial charge in [0.05, 0.1) is 12.7 Å². The van der Waals surface area contributed by atoms with Crippen molar-refractivity contribution in [2.24, 2.45) is 0 Å². The molecule has 2 unspecified atom stereocenters. The van der Waals surface area contributed by atoms with Gasteiger partial charge in [-0.1, -0.05) is 24.3 Å². The maximum atomic E-state index is 13.6. The topological polar surface area (TPSA) is 30.5 Å². The van der Waals surface area contributed by atoms with Gasteiger partial charge in [-0.25, -0.2) is 4.39 Å². The Morgan fingerprint density at radius 2 is 2.09 bits per heavy atom. The summed E-state index contributed by atoms with van der Waals surface area (Å²) in [7, 11) is 0. The smallest absolute Gasteiger partial charge is 0.129 e. The van der Waals surface area contributed by atoms with Crippen LogP contribution in [0.1, 0.15) is 22.6 Å². The van der Waals surface area contributed by atoms with Crippen molar-refractivity contribution >= 4 is 0 Å². The fourth-order valence-corrected chi connectivity index (χ4v) is 3.25. The van der Waals surface area contributed by atoms with E-state index in [0.717, 1.165) is 18.8 Å². The Hall–Kier alpha value is -1.91. The Kier molecular flexibility index (Phi) is 3.56. The Labute approximate surface area is 129 Å². The molecule has 0 amide bonds. The van der Waals surface area contributed by atoms with Crippen LogP contribution in [-0.2, 0) is 18.0 Å². The van der Waals surface area contributed by atoms with Crippen LogP contribution in [-0.4, -0.2) is 19.2 Å². The zero-order valence-electron chi connectivity index (χ0n) is 12.2. The van der Waals surface area contributed by atoms with Gasteiger partial charge < -0.3 is 14.8 Å². The third-order valence-electron chi connectivity index (χ3n) is 4.48. The largest absolute Gasteiger partial charge is 0.489 e. The minimum atomic E-state index is -0.228. The lowest BCUT2D eigenvalue weighted by Gasteiger charge is -2.28. The zero-order chi connectivity index (χ0) is 14.9. The van der Waals surface area contributed by atoms with Gasteiger partial charge in [0.25, 0.3) is 0 Å². The first-order valence-electron chi connectivity index (χ1n) is 7.62. The molecule has 3 nitrogen and oxygen atoms in total. The molecule has 22 heavy (non-hydrogen) atoms. The molecule has 0 aromatic heterocycles. The first-order valence-corrected chi connectivity index (χ1v) is 7.62. The average Bonchev–Trinajstić information content (AvgIpc) is 3.03. The lowest BCUT2D eigenvalue weighted by Crippen LogP contribution is -2.26. The molecule has 0 aliphatic carbocycles. The lowest BCUT2D eigenvalue weighted by molar-refractivity contribution is 0.0298. The molecule has 2 aliphatic rings. The van der Waals surface area contributed by atoms with Crippen LogP contribution in [0.4, 0.5) is 4.39 Å². The minimum absolute atomic E-state index is 0.228. The van der Waals surface area contributed by atoms with Crippen LogP contribution in [0, 0.1) is 5.82 Å². The van der Waals surface area contributed by atoms with E-state index in [0.29, 0.717) is 18.1 Å². The molecule has 4 rings (SSSR count). The van der Waals surface area contributed by atoms with Crippen molar-refractivity contribution in [2.45, 2.75) is 25.2 Å². The third-order valence-corrected chi connectivity index (χ3v) is 4.48. The summed E-state index contributed by atoms with van der Waals surface area (Å²) in [6.07, 6.45) is 0.259. The number of fused-ring (bicyclic) bond motifs is 3. The van der Waals surface area contributed by atoms with Crippen LogP contribution in [0.2, 0.25) is 0 Å². The van der Waals surface area contributed by atoms with E-state index in [9.17, 15) is 4.39 Å². The Morgan fingerprint density at radius 1 is 1.18 bits per heavy atom. The van der Waals surface area contributed by atoms with Crippen molar-refractivity contribution < 1.29 is 13.9 Å². The van der Waals surface area contributed by atoms with Crippen molar-refractivity contribution in [3.63, 3.8) is 0 Å². The van der Waals surface area contributed by atoms with Gasteiger partial charge in [-0.05, 0) is 29.3 Å². The predicted octanol–water partition coefficient (Wildman–Crippen LogP) is 2.99. The number of halogens is 1. The highest BCUT2D eigenvalue weighted by Gasteiger charge is 2.34. The van der Waals surface area contributed by atoms with Gasteiger partial charge in [-0.3, -0.25) is 0 Å². The molecule has 2 atom stereocenters. The summed E-state index contributed by atoms with van der Waals surface area (Å²) in [5, 5.41) is 3.37. The summed E-state index contributed by atoms with van der Waals surface area (Å²) in [5.74, 6) is 0.948. The monoisotopic (exact) mass is 299 g/mol. The van der Waals surface area contributed by atoms with E-state index in [2.05, 4.69) is 17.4 Å². The van der Waals surface area contributed by atoms with E-state index in [4.69, 9.17) is 9.47 Å². The first-order chi connectivity index (χ1) is 10.8. The number of hydrogen-bond donors (Lipinski definition) is 1. The van der Waals surface area contributed by atoms with Gasteiger partial charge in [-0.2, -0.15) is 0 Å². The van der Waals surface area contributed by atoms with E-state index in [-0.39, 0.29) is 18.5 Å². The molecule has 0 saturated carbocycles. The molecule has 0 spiro atoms. The molecule has 2 heterocycles. The minimum Gasteiger partial charge on any atom is -0.489 e. The van der Waals surface area contributed by atoms with E-state index < -0.39 is 0 Å². The fourth-order valence-electron chi connectivity index (χ4n) is 3.25. The maximum absolute atomic E-state index is 13.6. The molecule has 1 N–H and O–H groups in total. The average molecular weight is 299 g/mol. The Bertz CT molecular complexity index is 689. The van der Waals surface area contributed by atoms with Crippen LogP contribution in [0.5, 0.6) is 5.75 Å². The molecule has 1 saturated heterocycles.